The molecule has 0 spiro atoms. The Bertz CT molecular complexity index is 551. The molecule has 0 aliphatic heterocycles. The van der Waals surface area contributed by atoms with Crippen molar-refractivity contribution in [3.05, 3.63) is 28.8 Å². The van der Waals surface area contributed by atoms with Gasteiger partial charge in [-0.15, -0.1) is 6.42 Å². The molecule has 0 aliphatic carbocycles. The highest BCUT2D eigenvalue weighted by Crippen LogP contribution is 2.31. The number of hydrogen-bond donors (Lipinski definition) is 1. The van der Waals surface area contributed by atoms with Crippen LogP contribution in [-0.4, -0.2) is 11.7 Å². The minimum absolute atomic E-state index is 0.510. The van der Waals surface area contributed by atoms with Crippen LogP contribution in [-0.2, 0) is 10.2 Å². The lowest BCUT2D eigenvalue weighted by Crippen LogP contribution is -2.27. The number of carbonyl (C=O) groups excluding carboxylic acids is 1. The number of halogens is 1. The van der Waals surface area contributed by atoms with Gasteiger partial charge in [0.05, 0.1) is 5.41 Å². The van der Waals surface area contributed by atoms with Crippen LogP contribution in [0.5, 0.6) is 0 Å². The predicted molar refractivity (Wildman–Crippen MR) is 83.2 cm³/mol. The first-order valence-corrected chi connectivity index (χ1v) is 6.71. The molecule has 20 heavy (non-hydrogen) atoms. The fourth-order valence-corrected chi connectivity index (χ4v) is 1.93. The van der Waals surface area contributed by atoms with Crippen molar-refractivity contribution in [1.29, 1.82) is 0 Å². The van der Waals surface area contributed by atoms with Crippen LogP contribution in [0, 0.1) is 12.3 Å². The van der Waals surface area contributed by atoms with E-state index in [0.29, 0.717) is 10.7 Å². The van der Waals surface area contributed by atoms with Crippen LogP contribution in [0.15, 0.2) is 18.2 Å². The summed E-state index contributed by atoms with van der Waals surface area (Å²) < 4.78 is 5.20. The van der Waals surface area contributed by atoms with Gasteiger partial charge in [0.2, 0.25) is 0 Å². The SMILES string of the molecule is C#CC(C)(C)c1cc(NC(=O)OC(C)(C)C)ccc1Cl. The van der Waals surface area contributed by atoms with E-state index in [1.165, 1.54) is 0 Å². The average Bonchev–Trinajstić information content (AvgIpc) is 2.29. The second-order valence-electron chi connectivity index (χ2n) is 6.09. The van der Waals surface area contributed by atoms with Crippen molar-refractivity contribution in [2.75, 3.05) is 5.32 Å². The van der Waals surface area contributed by atoms with Gasteiger partial charge < -0.3 is 4.74 Å². The monoisotopic (exact) mass is 293 g/mol. The summed E-state index contributed by atoms with van der Waals surface area (Å²) in [6, 6.07) is 5.19. The van der Waals surface area contributed by atoms with Crippen LogP contribution >= 0.6 is 11.6 Å². The van der Waals surface area contributed by atoms with Crippen molar-refractivity contribution < 1.29 is 9.53 Å². The Balaban J connectivity index is 2.98. The van der Waals surface area contributed by atoms with Crippen LogP contribution in [0.25, 0.3) is 0 Å². The van der Waals surface area contributed by atoms with E-state index in [2.05, 4.69) is 11.2 Å². The molecule has 0 atom stereocenters. The summed E-state index contributed by atoms with van der Waals surface area (Å²) in [7, 11) is 0. The van der Waals surface area contributed by atoms with Gasteiger partial charge in [-0.05, 0) is 58.4 Å². The van der Waals surface area contributed by atoms with Gasteiger partial charge in [0.1, 0.15) is 5.60 Å². The fourth-order valence-electron chi connectivity index (χ4n) is 1.58. The summed E-state index contributed by atoms with van der Waals surface area (Å²) in [5, 5.41) is 3.25. The average molecular weight is 294 g/mol. The first-order chi connectivity index (χ1) is 9.05. The minimum atomic E-state index is -0.544. The Kier molecular flexibility index (Phi) is 4.73. The molecule has 1 amide bonds. The molecular formula is C16H20ClNO2. The van der Waals surface area contributed by atoms with E-state index in [1.54, 1.807) is 39.0 Å². The van der Waals surface area contributed by atoms with Crippen molar-refractivity contribution in [1.82, 2.24) is 0 Å². The topological polar surface area (TPSA) is 38.3 Å². The van der Waals surface area contributed by atoms with E-state index in [4.69, 9.17) is 22.8 Å². The van der Waals surface area contributed by atoms with Crippen molar-refractivity contribution in [2.24, 2.45) is 0 Å². The van der Waals surface area contributed by atoms with Gasteiger partial charge in [0.25, 0.3) is 0 Å². The maximum Gasteiger partial charge on any atom is 0.412 e. The molecule has 3 nitrogen and oxygen atoms in total. The van der Waals surface area contributed by atoms with E-state index in [9.17, 15) is 4.79 Å². The molecular weight excluding hydrogens is 274 g/mol. The zero-order chi connectivity index (χ0) is 15.6. The lowest BCUT2D eigenvalue weighted by atomic mass is 9.85. The molecule has 0 fully saturated rings. The number of terminal acetylenes is 1. The first-order valence-electron chi connectivity index (χ1n) is 6.33. The Labute approximate surface area is 125 Å². The Morgan fingerprint density at radius 2 is 1.90 bits per heavy atom. The number of anilines is 1. The van der Waals surface area contributed by atoms with Crippen molar-refractivity contribution >= 4 is 23.4 Å². The maximum atomic E-state index is 11.7. The molecule has 0 bridgehead atoms. The Hall–Kier alpha value is -1.66. The molecule has 1 aromatic rings. The van der Waals surface area contributed by atoms with Gasteiger partial charge in [-0.25, -0.2) is 4.79 Å². The molecule has 0 radical (unpaired) electrons. The number of ether oxygens (including phenoxy) is 1. The van der Waals surface area contributed by atoms with Gasteiger partial charge in [0.15, 0.2) is 0 Å². The third-order valence-corrected chi connectivity index (χ3v) is 2.98. The lowest BCUT2D eigenvalue weighted by molar-refractivity contribution is 0.0636. The molecule has 108 valence electrons. The van der Waals surface area contributed by atoms with Gasteiger partial charge >= 0.3 is 6.09 Å². The summed E-state index contributed by atoms with van der Waals surface area (Å²) in [5.74, 6) is 2.69. The molecule has 0 unspecified atom stereocenters. The normalized spacial score (nSPS) is 11.7. The number of rotatable bonds is 2. The molecule has 1 N–H and O–H groups in total. The van der Waals surface area contributed by atoms with Crippen molar-refractivity contribution in [2.45, 2.75) is 45.6 Å². The summed E-state index contributed by atoms with van der Waals surface area (Å²) in [6.45, 7) is 9.21. The Morgan fingerprint density at radius 1 is 1.30 bits per heavy atom. The van der Waals surface area contributed by atoms with Gasteiger partial charge in [-0.1, -0.05) is 17.5 Å². The zero-order valence-corrected chi connectivity index (χ0v) is 13.3. The highest BCUT2D eigenvalue weighted by Gasteiger charge is 2.22. The van der Waals surface area contributed by atoms with E-state index < -0.39 is 17.1 Å². The number of hydrogen-bond acceptors (Lipinski definition) is 2. The quantitative estimate of drug-likeness (QED) is 0.809. The smallest absolute Gasteiger partial charge is 0.412 e. The molecule has 0 saturated heterocycles. The molecule has 1 rings (SSSR count). The van der Waals surface area contributed by atoms with Crippen LogP contribution in [0.2, 0.25) is 5.02 Å². The number of amides is 1. The van der Waals surface area contributed by atoms with Crippen LogP contribution < -0.4 is 5.32 Å². The highest BCUT2D eigenvalue weighted by atomic mass is 35.5. The van der Waals surface area contributed by atoms with Gasteiger partial charge in [0, 0.05) is 10.7 Å². The van der Waals surface area contributed by atoms with Gasteiger partial charge in [-0.3, -0.25) is 5.32 Å². The third-order valence-electron chi connectivity index (χ3n) is 2.65. The zero-order valence-electron chi connectivity index (χ0n) is 12.5. The van der Waals surface area contributed by atoms with Crippen LogP contribution in [0.4, 0.5) is 10.5 Å². The number of benzene rings is 1. The molecule has 0 heterocycles. The number of nitrogens with one attached hydrogen (secondary N) is 1. The van der Waals surface area contributed by atoms with E-state index in [-0.39, 0.29) is 0 Å². The molecule has 1 aromatic carbocycles. The summed E-state index contributed by atoms with van der Waals surface area (Å²) >= 11 is 6.16. The predicted octanol–water partition coefficient (Wildman–Crippen LogP) is 4.60. The first kappa shape index (κ1) is 16.4. The van der Waals surface area contributed by atoms with Crippen LogP contribution in [0.3, 0.4) is 0 Å². The minimum Gasteiger partial charge on any atom is -0.444 e. The van der Waals surface area contributed by atoms with E-state index in [0.717, 1.165) is 5.56 Å². The molecule has 4 heteroatoms. The van der Waals surface area contributed by atoms with Crippen LogP contribution in [0.1, 0.15) is 40.2 Å². The maximum absolute atomic E-state index is 11.7. The largest absolute Gasteiger partial charge is 0.444 e. The summed E-state index contributed by atoms with van der Waals surface area (Å²) in [6.07, 6.45) is 5.01. The summed E-state index contributed by atoms with van der Waals surface area (Å²) in [5.41, 5.74) is 0.331. The third kappa shape index (κ3) is 4.47. The second-order valence-corrected chi connectivity index (χ2v) is 6.50. The molecule has 0 aliphatic rings. The van der Waals surface area contributed by atoms with E-state index in [1.807, 2.05) is 13.8 Å². The van der Waals surface area contributed by atoms with E-state index >= 15 is 0 Å². The second kappa shape index (κ2) is 5.76. The van der Waals surface area contributed by atoms with Crippen molar-refractivity contribution in [3.63, 3.8) is 0 Å². The molecule has 0 aromatic heterocycles. The van der Waals surface area contributed by atoms with Gasteiger partial charge in [-0.2, -0.15) is 0 Å². The molecule has 0 saturated carbocycles. The Morgan fingerprint density at radius 3 is 2.40 bits per heavy atom. The lowest BCUT2D eigenvalue weighted by Gasteiger charge is -2.22. The number of carbonyl (C=O) groups is 1. The van der Waals surface area contributed by atoms with Crippen molar-refractivity contribution in [3.8, 4) is 12.3 Å². The fraction of sp³-hybridized carbons (Fsp3) is 0.438. The standard InChI is InChI=1S/C16H20ClNO2/c1-7-16(5,6)12-10-11(8-9-13(12)17)18-14(19)20-15(2,3)4/h1,8-10H,2-6H3,(H,18,19). The summed E-state index contributed by atoms with van der Waals surface area (Å²) in [4.78, 5) is 11.7. The highest BCUT2D eigenvalue weighted by molar-refractivity contribution is 6.31.